The number of hydrogen-bond donors (Lipinski definition) is 0. The standard InChI is InChI=1S/C15H31N3O/c1-14(2)11-15(7-10-19-14,13-18(5)6)12-16-8-9-17(3)4/h12H,7-11,13H2,1-6H3. The monoisotopic (exact) mass is 269 g/mol. The van der Waals surface area contributed by atoms with Crippen LogP contribution in [0.4, 0.5) is 0 Å². The van der Waals surface area contributed by atoms with Crippen LogP contribution in [-0.2, 0) is 4.74 Å². The number of ether oxygens (including phenoxy) is 1. The summed E-state index contributed by atoms with van der Waals surface area (Å²) in [6, 6.07) is 0. The molecule has 1 aliphatic heterocycles. The lowest BCUT2D eigenvalue weighted by Crippen LogP contribution is -2.47. The summed E-state index contributed by atoms with van der Waals surface area (Å²) in [4.78, 5) is 9.11. The van der Waals surface area contributed by atoms with Gasteiger partial charge in [0.25, 0.3) is 0 Å². The highest BCUT2D eigenvalue weighted by atomic mass is 16.5. The van der Waals surface area contributed by atoms with Gasteiger partial charge < -0.3 is 14.5 Å². The van der Waals surface area contributed by atoms with Crippen LogP contribution in [0.25, 0.3) is 0 Å². The van der Waals surface area contributed by atoms with Crippen LogP contribution in [0.3, 0.4) is 0 Å². The fourth-order valence-corrected chi connectivity index (χ4v) is 2.95. The van der Waals surface area contributed by atoms with E-state index in [1.165, 1.54) is 0 Å². The number of aliphatic imine (C=N–C) groups is 1. The van der Waals surface area contributed by atoms with Crippen LogP contribution in [0, 0.1) is 5.41 Å². The predicted octanol–water partition coefficient (Wildman–Crippen LogP) is 1.76. The maximum atomic E-state index is 5.86. The highest BCUT2D eigenvalue weighted by Crippen LogP contribution is 2.38. The molecule has 1 atom stereocenters. The van der Waals surface area contributed by atoms with Gasteiger partial charge in [-0.15, -0.1) is 0 Å². The first-order valence-corrected chi connectivity index (χ1v) is 7.19. The van der Waals surface area contributed by atoms with Crippen LogP contribution in [0.2, 0.25) is 0 Å². The van der Waals surface area contributed by atoms with Crippen LogP contribution in [0.15, 0.2) is 4.99 Å². The van der Waals surface area contributed by atoms with Crippen molar-refractivity contribution in [1.29, 1.82) is 0 Å². The fourth-order valence-electron chi connectivity index (χ4n) is 2.95. The highest BCUT2D eigenvalue weighted by molar-refractivity contribution is 5.66. The summed E-state index contributed by atoms with van der Waals surface area (Å²) in [5.74, 6) is 0. The molecule has 0 aromatic heterocycles. The molecule has 0 amide bonds. The van der Waals surface area contributed by atoms with Gasteiger partial charge >= 0.3 is 0 Å². The van der Waals surface area contributed by atoms with Gasteiger partial charge in [0.2, 0.25) is 0 Å². The smallest absolute Gasteiger partial charge is 0.0635 e. The molecule has 112 valence electrons. The van der Waals surface area contributed by atoms with Crippen LogP contribution in [0.1, 0.15) is 26.7 Å². The van der Waals surface area contributed by atoms with Gasteiger partial charge in [-0.25, -0.2) is 0 Å². The van der Waals surface area contributed by atoms with E-state index in [1.807, 2.05) is 0 Å². The van der Waals surface area contributed by atoms with Gasteiger partial charge in [0.05, 0.1) is 12.1 Å². The first kappa shape index (κ1) is 16.6. The van der Waals surface area contributed by atoms with E-state index in [1.54, 1.807) is 0 Å². The molecule has 19 heavy (non-hydrogen) atoms. The molecule has 4 heteroatoms. The Labute approximate surface area is 118 Å². The molecule has 1 fully saturated rings. The van der Waals surface area contributed by atoms with Gasteiger partial charge in [0, 0.05) is 31.3 Å². The van der Waals surface area contributed by atoms with Crippen LogP contribution >= 0.6 is 0 Å². The van der Waals surface area contributed by atoms with E-state index in [0.29, 0.717) is 0 Å². The van der Waals surface area contributed by atoms with Crippen molar-refractivity contribution < 1.29 is 4.74 Å². The molecule has 1 unspecified atom stereocenters. The zero-order valence-corrected chi connectivity index (χ0v) is 13.6. The molecule has 0 aliphatic carbocycles. The average molecular weight is 269 g/mol. The van der Waals surface area contributed by atoms with Crippen molar-refractivity contribution in [2.24, 2.45) is 10.4 Å². The molecule has 0 aromatic rings. The Morgan fingerprint density at radius 3 is 2.37 bits per heavy atom. The Kier molecular flexibility index (Phi) is 5.96. The molecule has 1 saturated heterocycles. The first-order chi connectivity index (χ1) is 8.75. The second-order valence-corrected chi connectivity index (χ2v) is 6.97. The molecule has 0 saturated carbocycles. The molecule has 1 heterocycles. The SMILES string of the molecule is CN(C)CCN=CC1(CN(C)C)CCOC(C)(C)C1. The molecule has 0 bridgehead atoms. The van der Waals surface area contributed by atoms with Crippen molar-refractivity contribution in [1.82, 2.24) is 9.80 Å². The molecular weight excluding hydrogens is 238 g/mol. The first-order valence-electron chi connectivity index (χ1n) is 7.19. The Balaban J connectivity index is 2.70. The summed E-state index contributed by atoms with van der Waals surface area (Å²) in [5, 5.41) is 0. The topological polar surface area (TPSA) is 28.1 Å². The quantitative estimate of drug-likeness (QED) is 0.688. The van der Waals surface area contributed by atoms with Gasteiger partial charge in [0.15, 0.2) is 0 Å². The highest BCUT2D eigenvalue weighted by Gasteiger charge is 2.40. The molecule has 1 rings (SSSR count). The maximum Gasteiger partial charge on any atom is 0.0635 e. The van der Waals surface area contributed by atoms with Gasteiger partial charge in [-0.2, -0.15) is 0 Å². The third-order valence-electron chi connectivity index (χ3n) is 3.54. The lowest BCUT2D eigenvalue weighted by molar-refractivity contribution is -0.0887. The summed E-state index contributed by atoms with van der Waals surface area (Å²) in [6.07, 6.45) is 4.32. The van der Waals surface area contributed by atoms with Crippen LogP contribution in [0.5, 0.6) is 0 Å². The molecule has 0 spiro atoms. The Bertz CT molecular complexity index is 300. The van der Waals surface area contributed by atoms with E-state index in [4.69, 9.17) is 4.74 Å². The third kappa shape index (κ3) is 6.02. The van der Waals surface area contributed by atoms with Gasteiger partial charge in [-0.05, 0) is 54.9 Å². The predicted molar refractivity (Wildman–Crippen MR) is 82.2 cm³/mol. The van der Waals surface area contributed by atoms with Crippen molar-refractivity contribution >= 4 is 6.21 Å². The summed E-state index contributed by atoms with van der Waals surface area (Å²) in [7, 11) is 8.45. The molecule has 0 N–H and O–H groups in total. The maximum absolute atomic E-state index is 5.86. The van der Waals surface area contributed by atoms with E-state index < -0.39 is 0 Å². The van der Waals surface area contributed by atoms with Crippen molar-refractivity contribution in [3.05, 3.63) is 0 Å². The van der Waals surface area contributed by atoms with E-state index in [0.717, 1.165) is 39.1 Å². The number of rotatable bonds is 6. The minimum Gasteiger partial charge on any atom is -0.376 e. The number of hydrogen-bond acceptors (Lipinski definition) is 4. The Morgan fingerprint density at radius 1 is 1.16 bits per heavy atom. The zero-order chi connectivity index (χ0) is 14.5. The molecule has 0 radical (unpaired) electrons. The normalized spacial score (nSPS) is 27.6. The fraction of sp³-hybridized carbons (Fsp3) is 0.933. The lowest BCUT2D eigenvalue weighted by Gasteiger charge is -2.44. The second kappa shape index (κ2) is 6.82. The van der Waals surface area contributed by atoms with Gasteiger partial charge in [0.1, 0.15) is 0 Å². The Hall–Kier alpha value is -0.450. The van der Waals surface area contributed by atoms with E-state index in [2.05, 4.69) is 63.0 Å². The van der Waals surface area contributed by atoms with Gasteiger partial charge in [-0.1, -0.05) is 0 Å². The lowest BCUT2D eigenvalue weighted by atomic mass is 9.74. The summed E-state index contributed by atoms with van der Waals surface area (Å²) < 4.78 is 5.86. The molecule has 4 nitrogen and oxygen atoms in total. The van der Waals surface area contributed by atoms with Crippen molar-refractivity contribution in [2.45, 2.75) is 32.3 Å². The third-order valence-corrected chi connectivity index (χ3v) is 3.54. The minimum absolute atomic E-state index is 0.0399. The van der Waals surface area contributed by atoms with E-state index in [-0.39, 0.29) is 11.0 Å². The molecule has 1 aliphatic rings. The minimum atomic E-state index is -0.0399. The Morgan fingerprint density at radius 2 is 1.84 bits per heavy atom. The van der Waals surface area contributed by atoms with Gasteiger partial charge in [-0.3, -0.25) is 4.99 Å². The number of nitrogens with zero attached hydrogens (tertiary/aromatic N) is 3. The second-order valence-electron chi connectivity index (χ2n) is 6.97. The van der Waals surface area contributed by atoms with Crippen molar-refractivity contribution in [3.63, 3.8) is 0 Å². The average Bonchev–Trinajstić information content (AvgIpc) is 2.21. The molecular formula is C15H31N3O. The summed E-state index contributed by atoms with van der Waals surface area (Å²) in [5.41, 5.74) is 0.124. The van der Waals surface area contributed by atoms with E-state index >= 15 is 0 Å². The summed E-state index contributed by atoms with van der Waals surface area (Å²) >= 11 is 0. The van der Waals surface area contributed by atoms with E-state index in [9.17, 15) is 0 Å². The van der Waals surface area contributed by atoms with Crippen LogP contribution < -0.4 is 0 Å². The zero-order valence-electron chi connectivity index (χ0n) is 13.6. The number of likely N-dealkylation sites (N-methyl/N-ethyl adjacent to an activating group) is 1. The summed E-state index contributed by atoms with van der Waals surface area (Å²) in [6.45, 7) is 8.14. The largest absolute Gasteiger partial charge is 0.376 e. The van der Waals surface area contributed by atoms with Crippen LogP contribution in [-0.4, -0.2) is 76.0 Å². The molecule has 0 aromatic carbocycles. The van der Waals surface area contributed by atoms with Crippen molar-refractivity contribution in [2.75, 3.05) is 54.4 Å². The van der Waals surface area contributed by atoms with Crippen molar-refractivity contribution in [3.8, 4) is 0 Å².